The molecule has 0 saturated carbocycles. The highest BCUT2D eigenvalue weighted by Gasteiger charge is 2.02. The summed E-state index contributed by atoms with van der Waals surface area (Å²) in [5.41, 5.74) is 1.92. The molecular weight excluding hydrogens is 162 g/mol. The van der Waals surface area contributed by atoms with Crippen molar-refractivity contribution in [3.05, 3.63) is 41.7 Å². The summed E-state index contributed by atoms with van der Waals surface area (Å²) >= 11 is 0. The molecule has 0 aliphatic rings. The highest BCUT2D eigenvalue weighted by Crippen LogP contribution is 2.20. The first-order chi connectivity index (χ1) is 6.33. The van der Waals surface area contributed by atoms with Gasteiger partial charge in [-0.15, -0.1) is 0 Å². The van der Waals surface area contributed by atoms with Crippen LogP contribution in [0.2, 0.25) is 0 Å². The second-order valence-electron chi connectivity index (χ2n) is 3.07. The fraction of sp³-hybridized carbons (Fsp3) is 0.182. The van der Waals surface area contributed by atoms with Crippen LogP contribution in [0, 0.1) is 6.92 Å². The topological polar surface area (TPSA) is 33.1 Å². The first-order valence-corrected chi connectivity index (χ1v) is 4.27. The number of fused-ring (bicyclic) bond motifs is 1. The van der Waals surface area contributed by atoms with Crippen LogP contribution in [-0.4, -0.2) is 10.1 Å². The smallest absolute Gasteiger partial charge is 0.0688 e. The first kappa shape index (κ1) is 8.20. The Kier molecular flexibility index (Phi) is 1.99. The molecule has 1 aromatic carbocycles. The zero-order valence-electron chi connectivity index (χ0n) is 7.49. The largest absolute Gasteiger partial charge is 0.392 e. The van der Waals surface area contributed by atoms with Gasteiger partial charge in [-0.2, -0.15) is 0 Å². The zero-order chi connectivity index (χ0) is 9.26. The SMILES string of the molecule is Cc1nccc2cccc(CO)c12. The second kappa shape index (κ2) is 3.15. The van der Waals surface area contributed by atoms with E-state index in [1.807, 2.05) is 31.2 Å². The van der Waals surface area contributed by atoms with Crippen LogP contribution in [0.25, 0.3) is 10.8 Å². The van der Waals surface area contributed by atoms with E-state index in [1.54, 1.807) is 6.20 Å². The number of benzene rings is 1. The molecule has 0 atom stereocenters. The molecule has 0 radical (unpaired) electrons. The Morgan fingerprint density at radius 3 is 2.92 bits per heavy atom. The van der Waals surface area contributed by atoms with Crippen LogP contribution in [0.4, 0.5) is 0 Å². The van der Waals surface area contributed by atoms with Gasteiger partial charge >= 0.3 is 0 Å². The van der Waals surface area contributed by atoms with Crippen molar-refractivity contribution in [2.45, 2.75) is 13.5 Å². The molecule has 2 rings (SSSR count). The maximum atomic E-state index is 9.13. The Labute approximate surface area is 76.9 Å². The van der Waals surface area contributed by atoms with Crippen molar-refractivity contribution in [3.8, 4) is 0 Å². The predicted octanol–water partition coefficient (Wildman–Crippen LogP) is 2.04. The molecule has 66 valence electrons. The quantitative estimate of drug-likeness (QED) is 0.715. The molecule has 0 spiro atoms. The van der Waals surface area contributed by atoms with Gasteiger partial charge < -0.3 is 5.11 Å². The molecule has 0 aliphatic heterocycles. The fourth-order valence-corrected chi connectivity index (χ4v) is 1.63. The van der Waals surface area contributed by atoms with Crippen molar-refractivity contribution in [1.29, 1.82) is 0 Å². The number of aliphatic hydroxyl groups is 1. The average Bonchev–Trinajstić information content (AvgIpc) is 2.17. The third-order valence-electron chi connectivity index (χ3n) is 2.24. The van der Waals surface area contributed by atoms with Crippen molar-refractivity contribution >= 4 is 10.8 Å². The van der Waals surface area contributed by atoms with E-state index in [9.17, 15) is 0 Å². The second-order valence-corrected chi connectivity index (χ2v) is 3.07. The summed E-state index contributed by atoms with van der Waals surface area (Å²) in [7, 11) is 0. The predicted molar refractivity (Wildman–Crippen MR) is 52.4 cm³/mol. The van der Waals surface area contributed by atoms with Crippen LogP contribution in [0.5, 0.6) is 0 Å². The van der Waals surface area contributed by atoms with E-state index in [1.165, 1.54) is 0 Å². The van der Waals surface area contributed by atoms with E-state index >= 15 is 0 Å². The van der Waals surface area contributed by atoms with Gasteiger partial charge in [-0.25, -0.2) is 0 Å². The molecule has 2 heteroatoms. The lowest BCUT2D eigenvalue weighted by Gasteiger charge is -2.05. The van der Waals surface area contributed by atoms with Crippen LogP contribution >= 0.6 is 0 Å². The Morgan fingerprint density at radius 2 is 2.15 bits per heavy atom. The summed E-state index contributed by atoms with van der Waals surface area (Å²) in [6.45, 7) is 2.03. The minimum absolute atomic E-state index is 0.0733. The van der Waals surface area contributed by atoms with Crippen LogP contribution in [0.1, 0.15) is 11.3 Å². The van der Waals surface area contributed by atoms with Gasteiger partial charge in [-0.05, 0) is 23.9 Å². The third-order valence-corrected chi connectivity index (χ3v) is 2.24. The van der Waals surface area contributed by atoms with Gasteiger partial charge in [0.05, 0.1) is 6.61 Å². The van der Waals surface area contributed by atoms with E-state index in [2.05, 4.69) is 4.98 Å². The first-order valence-electron chi connectivity index (χ1n) is 4.27. The average molecular weight is 173 g/mol. The van der Waals surface area contributed by atoms with Crippen molar-refractivity contribution in [1.82, 2.24) is 4.98 Å². The highest BCUT2D eigenvalue weighted by atomic mass is 16.3. The zero-order valence-corrected chi connectivity index (χ0v) is 7.49. The highest BCUT2D eigenvalue weighted by molar-refractivity contribution is 5.87. The Balaban J connectivity index is 2.87. The number of pyridine rings is 1. The lowest BCUT2D eigenvalue weighted by molar-refractivity contribution is 0.283. The molecule has 1 N–H and O–H groups in total. The molecule has 0 unspecified atom stereocenters. The normalized spacial score (nSPS) is 10.6. The van der Waals surface area contributed by atoms with Crippen LogP contribution in [0.3, 0.4) is 0 Å². The summed E-state index contributed by atoms with van der Waals surface area (Å²) in [6, 6.07) is 7.87. The molecule has 1 aromatic heterocycles. The lowest BCUT2D eigenvalue weighted by Crippen LogP contribution is -1.90. The van der Waals surface area contributed by atoms with E-state index in [-0.39, 0.29) is 6.61 Å². The van der Waals surface area contributed by atoms with Crippen LogP contribution < -0.4 is 0 Å². The standard InChI is InChI=1S/C11H11NO/c1-8-11-9(5-6-12-8)3-2-4-10(11)7-13/h2-6,13H,7H2,1H3. The molecule has 0 saturated heterocycles. The lowest BCUT2D eigenvalue weighted by atomic mass is 10.0. The van der Waals surface area contributed by atoms with Gasteiger partial charge in [0, 0.05) is 17.3 Å². The molecule has 0 bridgehead atoms. The molecule has 2 aromatic rings. The summed E-state index contributed by atoms with van der Waals surface area (Å²) in [5, 5.41) is 11.3. The Hall–Kier alpha value is -1.41. The van der Waals surface area contributed by atoms with Gasteiger partial charge in [0.25, 0.3) is 0 Å². The number of aryl methyl sites for hydroxylation is 1. The van der Waals surface area contributed by atoms with E-state index in [4.69, 9.17) is 5.11 Å². The number of aliphatic hydroxyl groups excluding tert-OH is 1. The number of aromatic nitrogens is 1. The number of nitrogens with zero attached hydrogens (tertiary/aromatic N) is 1. The van der Waals surface area contributed by atoms with Crippen molar-refractivity contribution in [3.63, 3.8) is 0 Å². The van der Waals surface area contributed by atoms with E-state index < -0.39 is 0 Å². The number of hydrogen-bond donors (Lipinski definition) is 1. The van der Waals surface area contributed by atoms with E-state index in [0.717, 1.165) is 22.0 Å². The van der Waals surface area contributed by atoms with Gasteiger partial charge in [0.15, 0.2) is 0 Å². The molecule has 0 aliphatic carbocycles. The summed E-state index contributed by atoms with van der Waals surface area (Å²) in [4.78, 5) is 4.20. The molecule has 1 heterocycles. The van der Waals surface area contributed by atoms with Crippen LogP contribution in [-0.2, 0) is 6.61 Å². The van der Waals surface area contributed by atoms with Gasteiger partial charge in [0.1, 0.15) is 0 Å². The maximum absolute atomic E-state index is 9.13. The minimum atomic E-state index is 0.0733. The summed E-state index contributed by atoms with van der Waals surface area (Å²) in [5.74, 6) is 0. The molecule has 0 fully saturated rings. The number of hydrogen-bond acceptors (Lipinski definition) is 2. The Bertz CT molecular complexity index is 432. The molecule has 0 amide bonds. The van der Waals surface area contributed by atoms with Crippen molar-refractivity contribution in [2.24, 2.45) is 0 Å². The third kappa shape index (κ3) is 1.29. The van der Waals surface area contributed by atoms with Gasteiger partial charge in [0.2, 0.25) is 0 Å². The molecule has 2 nitrogen and oxygen atoms in total. The maximum Gasteiger partial charge on any atom is 0.0688 e. The fourth-order valence-electron chi connectivity index (χ4n) is 1.63. The van der Waals surface area contributed by atoms with Crippen molar-refractivity contribution < 1.29 is 5.11 Å². The summed E-state index contributed by atoms with van der Waals surface area (Å²) in [6.07, 6.45) is 1.79. The van der Waals surface area contributed by atoms with Gasteiger partial charge in [-0.1, -0.05) is 18.2 Å². The van der Waals surface area contributed by atoms with E-state index in [0.29, 0.717) is 0 Å². The molecule has 13 heavy (non-hydrogen) atoms. The van der Waals surface area contributed by atoms with Crippen LogP contribution in [0.15, 0.2) is 30.5 Å². The monoisotopic (exact) mass is 173 g/mol. The number of rotatable bonds is 1. The summed E-state index contributed by atoms with van der Waals surface area (Å²) < 4.78 is 0. The van der Waals surface area contributed by atoms with Crippen molar-refractivity contribution in [2.75, 3.05) is 0 Å². The van der Waals surface area contributed by atoms with Gasteiger partial charge in [-0.3, -0.25) is 4.98 Å². The Morgan fingerprint density at radius 1 is 1.31 bits per heavy atom. The minimum Gasteiger partial charge on any atom is -0.392 e. The molecular formula is C11H11NO.